The summed E-state index contributed by atoms with van der Waals surface area (Å²) in [7, 11) is 1.63. The Hall–Kier alpha value is -4.00. The number of nitrogens with one attached hydrogen (secondary N) is 2. The first kappa shape index (κ1) is 18.4. The second-order valence-corrected chi connectivity index (χ2v) is 6.27. The van der Waals surface area contributed by atoms with Crippen molar-refractivity contribution in [3.05, 3.63) is 84.3 Å². The maximum Gasteiger partial charge on any atom is 0.274 e. The van der Waals surface area contributed by atoms with Crippen LogP contribution in [0.25, 0.3) is 10.9 Å². The van der Waals surface area contributed by atoms with Crippen LogP contribution in [-0.4, -0.2) is 28.0 Å². The first-order chi connectivity index (χ1) is 14.2. The van der Waals surface area contributed by atoms with Crippen molar-refractivity contribution in [3.8, 4) is 5.75 Å². The minimum absolute atomic E-state index is 0.260. The fourth-order valence-electron chi connectivity index (χ4n) is 2.99. The molecule has 0 unspecified atom stereocenters. The third-order valence-electron chi connectivity index (χ3n) is 4.40. The summed E-state index contributed by atoms with van der Waals surface area (Å²) in [5, 5.41) is 6.96. The van der Waals surface area contributed by atoms with Gasteiger partial charge in [-0.15, -0.1) is 0 Å². The van der Waals surface area contributed by atoms with Gasteiger partial charge in [-0.25, -0.2) is 9.97 Å². The van der Waals surface area contributed by atoms with Gasteiger partial charge in [0.2, 0.25) is 5.95 Å². The molecule has 0 fully saturated rings. The van der Waals surface area contributed by atoms with E-state index in [4.69, 9.17) is 4.74 Å². The van der Waals surface area contributed by atoms with Crippen LogP contribution in [-0.2, 0) is 6.54 Å². The highest BCUT2D eigenvalue weighted by atomic mass is 16.5. The second-order valence-electron chi connectivity index (χ2n) is 6.27. The van der Waals surface area contributed by atoms with Gasteiger partial charge in [0.25, 0.3) is 5.91 Å². The first-order valence-electron chi connectivity index (χ1n) is 9.08. The minimum atomic E-state index is -0.328. The van der Waals surface area contributed by atoms with Gasteiger partial charge in [0.05, 0.1) is 18.3 Å². The van der Waals surface area contributed by atoms with E-state index in [0.717, 1.165) is 22.2 Å². The normalized spacial score (nSPS) is 10.5. The molecular formula is C22H19N5O2. The van der Waals surface area contributed by atoms with E-state index < -0.39 is 0 Å². The highest BCUT2D eigenvalue weighted by Gasteiger charge is 2.12. The Morgan fingerprint density at radius 3 is 2.72 bits per heavy atom. The molecule has 0 aliphatic rings. The summed E-state index contributed by atoms with van der Waals surface area (Å²) < 4.78 is 5.35. The van der Waals surface area contributed by atoms with Crippen molar-refractivity contribution in [2.45, 2.75) is 6.54 Å². The average Bonchev–Trinajstić information content (AvgIpc) is 2.78. The van der Waals surface area contributed by atoms with Crippen molar-refractivity contribution in [1.82, 2.24) is 15.0 Å². The molecule has 4 rings (SSSR count). The Bertz CT molecular complexity index is 1160. The number of para-hydroxylation sites is 2. The number of carbonyl (C=O) groups excluding carboxylic acids is 1. The van der Waals surface area contributed by atoms with E-state index in [1.807, 2.05) is 54.6 Å². The van der Waals surface area contributed by atoms with E-state index in [1.165, 1.54) is 0 Å². The zero-order valence-electron chi connectivity index (χ0n) is 15.8. The topological polar surface area (TPSA) is 89.0 Å². The van der Waals surface area contributed by atoms with Gasteiger partial charge in [-0.3, -0.25) is 9.78 Å². The maximum atomic E-state index is 12.7. The Morgan fingerprint density at radius 2 is 1.83 bits per heavy atom. The number of ether oxygens (including phenoxy) is 1. The van der Waals surface area contributed by atoms with E-state index in [9.17, 15) is 4.79 Å². The molecule has 1 amide bonds. The lowest BCUT2D eigenvalue weighted by atomic mass is 10.2. The van der Waals surface area contributed by atoms with Crippen molar-refractivity contribution < 1.29 is 9.53 Å². The number of benzene rings is 2. The molecule has 0 saturated carbocycles. The fourth-order valence-corrected chi connectivity index (χ4v) is 2.99. The number of anilines is 2. The van der Waals surface area contributed by atoms with Crippen molar-refractivity contribution in [1.29, 1.82) is 0 Å². The number of aromatic nitrogens is 3. The predicted molar refractivity (Wildman–Crippen MR) is 112 cm³/mol. The van der Waals surface area contributed by atoms with Crippen LogP contribution in [0.5, 0.6) is 5.75 Å². The van der Waals surface area contributed by atoms with Crippen molar-refractivity contribution in [3.63, 3.8) is 0 Å². The van der Waals surface area contributed by atoms with Crippen LogP contribution in [0.4, 0.5) is 11.6 Å². The number of nitrogens with zero attached hydrogens (tertiary/aromatic N) is 3. The summed E-state index contributed by atoms with van der Waals surface area (Å²) in [6.45, 7) is 0.475. The molecule has 144 valence electrons. The van der Waals surface area contributed by atoms with Crippen molar-refractivity contribution in [2.75, 3.05) is 17.7 Å². The van der Waals surface area contributed by atoms with Crippen LogP contribution < -0.4 is 15.4 Å². The van der Waals surface area contributed by atoms with Gasteiger partial charge in [0.15, 0.2) is 0 Å². The third kappa shape index (κ3) is 4.14. The Labute approximate surface area is 167 Å². The molecule has 0 saturated heterocycles. The molecule has 2 heterocycles. The summed E-state index contributed by atoms with van der Waals surface area (Å²) in [4.78, 5) is 25.6. The van der Waals surface area contributed by atoms with E-state index in [-0.39, 0.29) is 11.6 Å². The molecule has 29 heavy (non-hydrogen) atoms. The number of methoxy groups -OCH3 is 1. The molecule has 0 aliphatic heterocycles. The summed E-state index contributed by atoms with van der Waals surface area (Å²) in [6.07, 6.45) is 3.25. The van der Waals surface area contributed by atoms with E-state index in [2.05, 4.69) is 25.6 Å². The van der Waals surface area contributed by atoms with Gasteiger partial charge >= 0.3 is 0 Å². The summed E-state index contributed by atoms with van der Waals surface area (Å²) >= 11 is 0. The lowest BCUT2D eigenvalue weighted by Gasteiger charge is -2.10. The zero-order chi connectivity index (χ0) is 20.1. The number of hydrogen-bond acceptors (Lipinski definition) is 6. The van der Waals surface area contributed by atoms with Gasteiger partial charge in [0.1, 0.15) is 11.4 Å². The van der Waals surface area contributed by atoms with Crippen LogP contribution in [0.3, 0.4) is 0 Å². The smallest absolute Gasteiger partial charge is 0.274 e. The van der Waals surface area contributed by atoms with E-state index in [0.29, 0.717) is 18.2 Å². The van der Waals surface area contributed by atoms with Crippen molar-refractivity contribution in [2.24, 2.45) is 0 Å². The van der Waals surface area contributed by atoms with Gasteiger partial charge in [-0.05, 0) is 24.3 Å². The third-order valence-corrected chi connectivity index (χ3v) is 4.40. The van der Waals surface area contributed by atoms with Gasteiger partial charge in [-0.1, -0.05) is 36.4 Å². The van der Waals surface area contributed by atoms with Gasteiger partial charge in [0, 0.05) is 29.9 Å². The molecule has 4 aromatic rings. The number of amides is 1. The Kier molecular flexibility index (Phi) is 5.29. The predicted octanol–water partition coefficient (Wildman–Crippen LogP) is 3.90. The standard InChI is InChI=1S/C22H19N5O2/c1-29-19-10-3-2-6-16(19)14-25-22-24-13-11-18(27-22)21(28)26-17-9-4-7-15-8-5-12-23-20(15)17/h2-13H,14H2,1H3,(H,26,28)(H,24,25,27). The van der Waals surface area contributed by atoms with Crippen LogP contribution in [0.1, 0.15) is 16.1 Å². The SMILES string of the molecule is COc1ccccc1CNc1nccc(C(=O)Nc2cccc3cccnc23)n1. The zero-order valence-corrected chi connectivity index (χ0v) is 15.8. The summed E-state index contributed by atoms with van der Waals surface area (Å²) in [5.74, 6) is 0.808. The van der Waals surface area contributed by atoms with Crippen molar-refractivity contribution >= 4 is 28.4 Å². The first-order valence-corrected chi connectivity index (χ1v) is 9.08. The second kappa shape index (κ2) is 8.35. The molecule has 2 aromatic heterocycles. The average molecular weight is 385 g/mol. The van der Waals surface area contributed by atoms with E-state index >= 15 is 0 Å². The van der Waals surface area contributed by atoms with Crippen LogP contribution in [0, 0.1) is 0 Å². The molecule has 2 N–H and O–H groups in total. The number of pyridine rings is 1. The maximum absolute atomic E-state index is 12.7. The van der Waals surface area contributed by atoms with Gasteiger partial charge < -0.3 is 15.4 Å². The molecule has 0 bridgehead atoms. The van der Waals surface area contributed by atoms with Crippen LogP contribution >= 0.6 is 0 Å². The molecular weight excluding hydrogens is 366 g/mol. The molecule has 0 atom stereocenters. The highest BCUT2D eigenvalue weighted by Crippen LogP contribution is 2.21. The summed E-state index contributed by atoms with van der Waals surface area (Å²) in [6, 6.07) is 18.7. The molecule has 7 heteroatoms. The largest absolute Gasteiger partial charge is 0.496 e. The summed E-state index contributed by atoms with van der Waals surface area (Å²) in [5.41, 5.74) is 2.59. The molecule has 0 spiro atoms. The van der Waals surface area contributed by atoms with Crippen LogP contribution in [0.2, 0.25) is 0 Å². The number of fused-ring (bicyclic) bond motifs is 1. The minimum Gasteiger partial charge on any atom is -0.496 e. The van der Waals surface area contributed by atoms with Gasteiger partial charge in [-0.2, -0.15) is 0 Å². The molecule has 0 aliphatic carbocycles. The quantitative estimate of drug-likeness (QED) is 0.523. The highest BCUT2D eigenvalue weighted by molar-refractivity contribution is 6.07. The lowest BCUT2D eigenvalue weighted by Crippen LogP contribution is -2.15. The van der Waals surface area contributed by atoms with Crippen LogP contribution in [0.15, 0.2) is 73.1 Å². The molecule has 2 aromatic carbocycles. The Morgan fingerprint density at radius 1 is 0.966 bits per heavy atom. The Balaban J connectivity index is 1.50. The monoisotopic (exact) mass is 385 g/mol. The number of hydrogen-bond donors (Lipinski definition) is 2. The number of carbonyl (C=O) groups is 1. The number of rotatable bonds is 6. The molecule has 7 nitrogen and oxygen atoms in total. The van der Waals surface area contributed by atoms with E-state index in [1.54, 1.807) is 25.6 Å². The molecule has 0 radical (unpaired) electrons. The lowest BCUT2D eigenvalue weighted by molar-refractivity contribution is 0.102. The fraction of sp³-hybridized carbons (Fsp3) is 0.0909.